The van der Waals surface area contributed by atoms with Crippen LogP contribution < -0.4 is 31.9 Å². The van der Waals surface area contributed by atoms with Crippen molar-refractivity contribution in [1.29, 1.82) is 0 Å². The van der Waals surface area contributed by atoms with Crippen LogP contribution in [0.1, 0.15) is 53.9 Å². The topological polar surface area (TPSA) is 479 Å². The van der Waals surface area contributed by atoms with E-state index in [1.54, 1.807) is 32.0 Å². The molecule has 1 saturated heterocycles. The summed E-state index contributed by atoms with van der Waals surface area (Å²) in [6.45, 7) is 3.26. The van der Waals surface area contributed by atoms with Crippen molar-refractivity contribution in [1.82, 2.24) is 0 Å². The Labute approximate surface area is 493 Å². The Morgan fingerprint density at radius 3 is 1.24 bits per heavy atom. The number of anilines is 6. The van der Waals surface area contributed by atoms with Crippen LogP contribution in [-0.4, -0.2) is 108 Å². The zero-order valence-electron chi connectivity index (χ0n) is 43.9. The predicted molar refractivity (Wildman–Crippen MR) is 310 cm³/mol. The highest BCUT2D eigenvalue weighted by molar-refractivity contribution is 7.88. The van der Waals surface area contributed by atoms with Gasteiger partial charge >= 0.3 is 6.03 Å². The summed E-state index contributed by atoms with van der Waals surface area (Å²) in [6, 6.07) is 24.5. The molecule has 454 valence electrons. The van der Waals surface area contributed by atoms with Gasteiger partial charge in [0.25, 0.3) is 78.4 Å². The van der Waals surface area contributed by atoms with E-state index in [2.05, 4.69) is 31.9 Å². The van der Waals surface area contributed by atoms with Crippen LogP contribution in [0.3, 0.4) is 0 Å². The first-order valence-electron chi connectivity index (χ1n) is 24.3. The lowest BCUT2D eigenvalue weighted by atomic mass is 10.1. The molecule has 0 saturated carbocycles. The molecular formula is C52H42N6O23S6. The second-order valence-corrected chi connectivity index (χ2v) is 27.5. The number of benzene rings is 8. The van der Waals surface area contributed by atoms with Crippen molar-refractivity contribution in [3.05, 3.63) is 167 Å². The molecule has 2 atom stereocenters. The van der Waals surface area contributed by atoms with E-state index in [0.29, 0.717) is 52.7 Å². The third-order valence-electron chi connectivity index (χ3n) is 13.1. The molecule has 0 spiro atoms. The van der Waals surface area contributed by atoms with E-state index in [0.717, 1.165) is 18.2 Å². The molecule has 8 aromatic carbocycles. The Balaban J connectivity index is 0.853. The van der Waals surface area contributed by atoms with Gasteiger partial charge in [0, 0.05) is 66.7 Å². The van der Waals surface area contributed by atoms with Crippen LogP contribution >= 0.6 is 0 Å². The average molecular weight is 1310 g/mol. The lowest BCUT2D eigenvalue weighted by Gasteiger charge is -2.16. The fourth-order valence-electron chi connectivity index (χ4n) is 9.00. The number of amides is 5. The van der Waals surface area contributed by atoms with Crippen LogP contribution in [0.5, 0.6) is 0 Å². The molecule has 8 aromatic rings. The standard InChI is InChI=1S/C52H42N6O23S6/c1-25-9-11-27(47-51(81-47)58-38-14-16-42(85(72,73)74)36-22-34(83(66,67)68)24-44(46(36)38)87(78,79)80)19-39(25)56-48(59)28-5-3-7-31(17-28)53-52(62)54-32-8-4-6-29(18-32)49(60)57-40-20-30(12-10-26(40)2)50(61)55-37-13-15-41(84(69,70)71)35-21-33(82(63,64)65)23-43(45(35)37)86(75,76)77/h3-24,47,51,58H,1-2H3,(H,55,61)(H,56,59)(H,57,60)(H2,53,54,62)(H,63,64,65)(H,66,67,68)(H,69,70,71)(H,72,73,74)(H,75,76,77)(H,78,79,80). The molecule has 1 fully saturated rings. The molecule has 29 nitrogen and oxygen atoms in total. The maximum absolute atomic E-state index is 13.7. The molecule has 2 unspecified atom stereocenters. The Morgan fingerprint density at radius 1 is 0.391 bits per heavy atom. The molecule has 1 aliphatic rings. The van der Waals surface area contributed by atoms with Crippen molar-refractivity contribution in [2.75, 3.05) is 31.9 Å². The number of ether oxygens (including phenoxy) is 1. The molecule has 0 aliphatic carbocycles. The van der Waals surface area contributed by atoms with Gasteiger partial charge in [0.05, 0.1) is 15.5 Å². The van der Waals surface area contributed by atoms with Crippen molar-refractivity contribution in [2.24, 2.45) is 0 Å². The summed E-state index contributed by atoms with van der Waals surface area (Å²) in [5, 5.41) is 12.9. The largest absolute Gasteiger partial charge is 0.357 e. The Kier molecular flexibility index (Phi) is 16.4. The number of fused-ring (bicyclic) bond motifs is 2. The SMILES string of the molecule is Cc1ccc(C(=O)Nc2ccc(S(=O)(=O)O)c3cc(S(=O)(=O)O)cc(S(=O)(=O)O)c23)cc1NC(=O)c1cccc(NC(=O)Nc2cccc(C(=O)Nc3cc(C4OC4Nc4ccc(S(=O)(=O)O)c5cc(S(=O)(=O)O)cc(S(=O)(=O)O)c45)ccc3C)c2)c1. The Bertz CT molecular complexity index is 5050. The third-order valence-corrected chi connectivity index (χ3v) is 18.4. The highest BCUT2D eigenvalue weighted by Crippen LogP contribution is 2.44. The fraction of sp³-hybridized carbons (Fsp3) is 0.0769. The highest BCUT2D eigenvalue weighted by atomic mass is 32.2. The van der Waals surface area contributed by atoms with E-state index in [-0.39, 0.29) is 39.4 Å². The summed E-state index contributed by atoms with van der Waals surface area (Å²) < 4.78 is 212. The minimum Gasteiger partial charge on any atom is -0.357 e. The number of carbonyl (C=O) groups is 4. The van der Waals surface area contributed by atoms with Crippen molar-refractivity contribution < 1.29 is 102 Å². The van der Waals surface area contributed by atoms with E-state index in [1.165, 1.54) is 66.7 Å². The molecule has 9 rings (SSSR count). The van der Waals surface area contributed by atoms with E-state index in [9.17, 15) is 97.0 Å². The van der Waals surface area contributed by atoms with Gasteiger partial charge in [0.2, 0.25) is 0 Å². The molecule has 87 heavy (non-hydrogen) atoms. The normalized spacial score (nSPS) is 14.7. The van der Waals surface area contributed by atoms with Crippen LogP contribution in [-0.2, 0) is 65.4 Å². The first-order valence-corrected chi connectivity index (χ1v) is 32.9. The average Bonchev–Trinajstić information content (AvgIpc) is 1.31. The quantitative estimate of drug-likeness (QED) is 0.0322. The number of hydrogen-bond donors (Lipinski definition) is 12. The zero-order chi connectivity index (χ0) is 63.7. The molecule has 12 N–H and O–H groups in total. The van der Waals surface area contributed by atoms with Gasteiger partial charge < -0.3 is 36.6 Å². The lowest BCUT2D eigenvalue weighted by molar-refractivity contribution is 0.101. The van der Waals surface area contributed by atoms with E-state index in [4.69, 9.17) is 4.74 Å². The summed E-state index contributed by atoms with van der Waals surface area (Å²) in [7, 11) is -31.6. The molecule has 0 aromatic heterocycles. The molecule has 5 amide bonds. The minimum absolute atomic E-state index is 0.00242. The van der Waals surface area contributed by atoms with Gasteiger partial charge in [0.1, 0.15) is 25.7 Å². The number of nitrogens with one attached hydrogen (secondary N) is 6. The van der Waals surface area contributed by atoms with Crippen molar-refractivity contribution in [3.63, 3.8) is 0 Å². The van der Waals surface area contributed by atoms with Crippen LogP contribution in [0.15, 0.2) is 163 Å². The van der Waals surface area contributed by atoms with Crippen molar-refractivity contribution in [2.45, 2.75) is 55.6 Å². The summed E-state index contributed by atoms with van der Waals surface area (Å²) in [4.78, 5) is 47.6. The monoisotopic (exact) mass is 1310 g/mol. The summed E-state index contributed by atoms with van der Waals surface area (Å²) in [5.74, 6) is -2.38. The van der Waals surface area contributed by atoms with E-state index < -0.39 is 153 Å². The highest BCUT2D eigenvalue weighted by Gasteiger charge is 2.42. The second-order valence-electron chi connectivity index (χ2n) is 19.1. The van der Waals surface area contributed by atoms with Crippen molar-refractivity contribution in [3.8, 4) is 0 Å². The number of carbonyl (C=O) groups excluding carboxylic acids is 4. The van der Waals surface area contributed by atoms with Gasteiger partial charge in [-0.15, -0.1) is 0 Å². The number of hydrogen-bond acceptors (Lipinski definition) is 18. The van der Waals surface area contributed by atoms with E-state index in [1.807, 2.05) is 0 Å². The molecular weight excluding hydrogens is 1270 g/mol. The molecule has 0 bridgehead atoms. The molecule has 35 heteroatoms. The van der Waals surface area contributed by atoms with Gasteiger partial charge in [-0.3, -0.25) is 41.7 Å². The van der Waals surface area contributed by atoms with Gasteiger partial charge in [-0.25, -0.2) is 4.79 Å². The summed E-state index contributed by atoms with van der Waals surface area (Å²) >= 11 is 0. The van der Waals surface area contributed by atoms with Gasteiger partial charge in [-0.1, -0.05) is 30.3 Å². The van der Waals surface area contributed by atoms with Gasteiger partial charge in [-0.2, -0.15) is 50.5 Å². The molecule has 0 radical (unpaired) electrons. The van der Waals surface area contributed by atoms with Crippen LogP contribution in [0.4, 0.5) is 38.9 Å². The first kappa shape index (κ1) is 62.7. The second kappa shape index (κ2) is 22.8. The number of epoxide rings is 1. The fourth-order valence-corrected chi connectivity index (χ4v) is 13.1. The summed E-state index contributed by atoms with van der Waals surface area (Å²) in [5.41, 5.74) is 1.29. The zero-order valence-corrected chi connectivity index (χ0v) is 48.8. The molecule has 1 aliphatic heterocycles. The first-order chi connectivity index (χ1) is 40.3. The van der Waals surface area contributed by atoms with Crippen molar-refractivity contribution >= 4 is 140 Å². The maximum atomic E-state index is 13.7. The smallest absolute Gasteiger partial charge is 0.323 e. The predicted octanol–water partition coefficient (Wildman–Crippen LogP) is 7.00. The van der Waals surface area contributed by atoms with Gasteiger partial charge in [0.15, 0.2) is 6.23 Å². The number of rotatable bonds is 17. The number of aryl methyl sites for hydroxylation is 2. The van der Waals surface area contributed by atoms with Gasteiger partial charge in [-0.05, 0) is 134 Å². The van der Waals surface area contributed by atoms with E-state index >= 15 is 0 Å². The minimum atomic E-state index is -5.44. The maximum Gasteiger partial charge on any atom is 0.323 e. The Hall–Kier alpha value is -8.82. The lowest BCUT2D eigenvalue weighted by Crippen LogP contribution is -2.20. The number of urea groups is 1. The molecule has 1 heterocycles. The Morgan fingerprint density at radius 2 is 0.793 bits per heavy atom. The summed E-state index contributed by atoms with van der Waals surface area (Å²) in [6.07, 6.45) is -1.78. The van der Waals surface area contributed by atoms with Crippen LogP contribution in [0, 0.1) is 13.8 Å². The van der Waals surface area contributed by atoms with Crippen LogP contribution in [0.2, 0.25) is 0 Å². The third kappa shape index (κ3) is 13.9. The van der Waals surface area contributed by atoms with Crippen LogP contribution in [0.25, 0.3) is 21.5 Å².